The van der Waals surface area contributed by atoms with Crippen molar-refractivity contribution in [3.05, 3.63) is 12.2 Å². The topological polar surface area (TPSA) is 17.1 Å². The molecule has 0 aromatic heterocycles. The van der Waals surface area contributed by atoms with E-state index in [1.165, 1.54) is 25.7 Å². The molecule has 66 valence electrons. The molecule has 2 rings (SSSR count). The third-order valence-corrected chi connectivity index (χ3v) is 3.26. The van der Waals surface area contributed by atoms with Gasteiger partial charge in [0.2, 0.25) is 0 Å². The molecule has 0 amide bonds. The molecule has 1 atom stereocenters. The second-order valence-electron chi connectivity index (χ2n) is 4.07. The minimum absolute atomic E-state index is 0.323. The number of hydrogen-bond donors (Lipinski definition) is 0. The molecule has 1 fully saturated rings. The van der Waals surface area contributed by atoms with Crippen LogP contribution in [0.2, 0.25) is 0 Å². The zero-order valence-corrected chi connectivity index (χ0v) is 7.46. The van der Waals surface area contributed by atoms with Gasteiger partial charge in [-0.05, 0) is 37.2 Å². The second kappa shape index (κ2) is 3.42. The van der Waals surface area contributed by atoms with Crippen molar-refractivity contribution in [2.75, 3.05) is 0 Å². The molecular weight excluding hydrogens is 148 g/mol. The number of carbonyl (C=O) groups excluding carboxylic acids is 1. The van der Waals surface area contributed by atoms with E-state index >= 15 is 0 Å². The Hall–Kier alpha value is -0.590. The molecule has 0 N–H and O–H groups in total. The third-order valence-electron chi connectivity index (χ3n) is 3.26. The normalized spacial score (nSPS) is 31.3. The fraction of sp³-hybridized carbons (Fsp3) is 0.727. The molecule has 0 aromatic rings. The van der Waals surface area contributed by atoms with Gasteiger partial charge in [-0.2, -0.15) is 0 Å². The Labute approximate surface area is 73.8 Å². The Kier molecular flexibility index (Phi) is 2.29. The summed E-state index contributed by atoms with van der Waals surface area (Å²) in [6.07, 6.45) is 11.4. The van der Waals surface area contributed by atoms with Crippen molar-refractivity contribution >= 4 is 5.78 Å². The predicted octanol–water partition coefficient (Wildman–Crippen LogP) is 2.71. The SMILES string of the molecule is O=C1C=CC(C2CCCC2)CC1. The molecule has 1 saturated carbocycles. The summed E-state index contributed by atoms with van der Waals surface area (Å²) >= 11 is 0. The highest BCUT2D eigenvalue weighted by molar-refractivity contribution is 5.90. The van der Waals surface area contributed by atoms with Gasteiger partial charge in [0.1, 0.15) is 0 Å². The Morgan fingerprint density at radius 3 is 2.50 bits per heavy atom. The molecule has 1 heteroatoms. The maximum atomic E-state index is 10.9. The summed E-state index contributed by atoms with van der Waals surface area (Å²) in [5.41, 5.74) is 0. The van der Waals surface area contributed by atoms with E-state index in [9.17, 15) is 4.79 Å². The van der Waals surface area contributed by atoms with E-state index in [1.807, 2.05) is 0 Å². The summed E-state index contributed by atoms with van der Waals surface area (Å²) in [6.45, 7) is 0. The number of hydrogen-bond acceptors (Lipinski definition) is 1. The average molecular weight is 164 g/mol. The van der Waals surface area contributed by atoms with Crippen molar-refractivity contribution in [3.63, 3.8) is 0 Å². The van der Waals surface area contributed by atoms with E-state index in [2.05, 4.69) is 6.08 Å². The first-order valence-electron chi connectivity index (χ1n) is 5.07. The van der Waals surface area contributed by atoms with Crippen LogP contribution in [0.5, 0.6) is 0 Å². The lowest BCUT2D eigenvalue weighted by Crippen LogP contribution is -2.14. The van der Waals surface area contributed by atoms with E-state index in [1.54, 1.807) is 6.08 Å². The molecule has 2 aliphatic rings. The monoisotopic (exact) mass is 164 g/mol. The molecular formula is C11H16O. The zero-order chi connectivity index (χ0) is 8.39. The first-order valence-corrected chi connectivity index (χ1v) is 5.07. The van der Waals surface area contributed by atoms with Crippen molar-refractivity contribution in [2.45, 2.75) is 38.5 Å². The molecule has 12 heavy (non-hydrogen) atoms. The lowest BCUT2D eigenvalue weighted by Gasteiger charge is -2.21. The van der Waals surface area contributed by atoms with Crippen LogP contribution in [0.1, 0.15) is 38.5 Å². The van der Waals surface area contributed by atoms with E-state index in [4.69, 9.17) is 0 Å². The molecule has 0 aromatic carbocycles. The van der Waals surface area contributed by atoms with Crippen molar-refractivity contribution < 1.29 is 4.79 Å². The quantitative estimate of drug-likeness (QED) is 0.582. The molecule has 1 nitrogen and oxygen atoms in total. The smallest absolute Gasteiger partial charge is 0.155 e. The van der Waals surface area contributed by atoms with Crippen molar-refractivity contribution in [1.82, 2.24) is 0 Å². The van der Waals surface area contributed by atoms with Gasteiger partial charge in [0.25, 0.3) is 0 Å². The Morgan fingerprint density at radius 2 is 1.92 bits per heavy atom. The molecule has 0 spiro atoms. The summed E-state index contributed by atoms with van der Waals surface area (Å²) in [5, 5.41) is 0. The van der Waals surface area contributed by atoms with Gasteiger partial charge in [-0.3, -0.25) is 4.79 Å². The van der Waals surface area contributed by atoms with Crippen molar-refractivity contribution in [2.24, 2.45) is 11.8 Å². The van der Waals surface area contributed by atoms with Gasteiger partial charge in [-0.1, -0.05) is 18.9 Å². The molecule has 0 saturated heterocycles. The zero-order valence-electron chi connectivity index (χ0n) is 7.46. The van der Waals surface area contributed by atoms with Crippen molar-refractivity contribution in [3.8, 4) is 0 Å². The molecule has 0 radical (unpaired) electrons. The minimum Gasteiger partial charge on any atom is -0.295 e. The summed E-state index contributed by atoms with van der Waals surface area (Å²) in [7, 11) is 0. The fourth-order valence-electron chi connectivity index (χ4n) is 2.50. The predicted molar refractivity (Wildman–Crippen MR) is 48.8 cm³/mol. The summed E-state index contributed by atoms with van der Waals surface area (Å²) in [5.74, 6) is 1.95. The van der Waals surface area contributed by atoms with Gasteiger partial charge in [-0.15, -0.1) is 0 Å². The van der Waals surface area contributed by atoms with Crippen LogP contribution in [0, 0.1) is 11.8 Å². The van der Waals surface area contributed by atoms with E-state index < -0.39 is 0 Å². The van der Waals surface area contributed by atoms with Crippen LogP contribution in [-0.2, 0) is 4.79 Å². The molecule has 0 aliphatic heterocycles. The lowest BCUT2D eigenvalue weighted by atomic mass is 9.83. The van der Waals surface area contributed by atoms with Gasteiger partial charge in [0.15, 0.2) is 5.78 Å². The van der Waals surface area contributed by atoms with Gasteiger partial charge in [-0.25, -0.2) is 0 Å². The second-order valence-corrected chi connectivity index (χ2v) is 4.07. The van der Waals surface area contributed by atoms with Crippen LogP contribution in [0.4, 0.5) is 0 Å². The van der Waals surface area contributed by atoms with Crippen LogP contribution < -0.4 is 0 Å². The van der Waals surface area contributed by atoms with E-state index in [0.717, 1.165) is 24.7 Å². The lowest BCUT2D eigenvalue weighted by molar-refractivity contribution is -0.115. The average Bonchev–Trinajstić information content (AvgIpc) is 2.58. The Morgan fingerprint density at radius 1 is 1.17 bits per heavy atom. The third kappa shape index (κ3) is 1.60. The minimum atomic E-state index is 0.323. The van der Waals surface area contributed by atoms with Gasteiger partial charge in [0, 0.05) is 6.42 Å². The maximum absolute atomic E-state index is 10.9. The standard InChI is InChI=1S/C11H16O/c12-11-7-5-10(6-8-11)9-3-1-2-4-9/h5,7,9-10H,1-4,6,8H2. The number of rotatable bonds is 1. The number of carbonyl (C=O) groups is 1. The molecule has 0 bridgehead atoms. The Balaban J connectivity index is 1.96. The summed E-state index contributed by atoms with van der Waals surface area (Å²) in [4.78, 5) is 10.9. The van der Waals surface area contributed by atoms with Gasteiger partial charge in [0.05, 0.1) is 0 Å². The maximum Gasteiger partial charge on any atom is 0.155 e. The highest BCUT2D eigenvalue weighted by Gasteiger charge is 2.25. The summed E-state index contributed by atoms with van der Waals surface area (Å²) in [6, 6.07) is 0. The van der Waals surface area contributed by atoms with E-state index in [-0.39, 0.29) is 0 Å². The van der Waals surface area contributed by atoms with Crippen molar-refractivity contribution in [1.29, 1.82) is 0 Å². The number of allylic oxidation sites excluding steroid dienone is 2. The Bertz CT molecular complexity index is 199. The number of ketones is 1. The largest absolute Gasteiger partial charge is 0.295 e. The van der Waals surface area contributed by atoms with Gasteiger partial charge < -0.3 is 0 Å². The van der Waals surface area contributed by atoms with Crippen LogP contribution in [0.25, 0.3) is 0 Å². The molecule has 2 aliphatic carbocycles. The van der Waals surface area contributed by atoms with Crippen LogP contribution in [-0.4, -0.2) is 5.78 Å². The first-order chi connectivity index (χ1) is 5.86. The van der Waals surface area contributed by atoms with E-state index in [0.29, 0.717) is 5.78 Å². The molecule has 1 unspecified atom stereocenters. The van der Waals surface area contributed by atoms with Crippen LogP contribution in [0.15, 0.2) is 12.2 Å². The first kappa shape index (κ1) is 8.03. The van der Waals surface area contributed by atoms with Crippen LogP contribution in [0.3, 0.4) is 0 Å². The summed E-state index contributed by atoms with van der Waals surface area (Å²) < 4.78 is 0. The van der Waals surface area contributed by atoms with Crippen LogP contribution >= 0.6 is 0 Å². The highest BCUT2D eigenvalue weighted by atomic mass is 16.1. The van der Waals surface area contributed by atoms with Gasteiger partial charge >= 0.3 is 0 Å². The highest BCUT2D eigenvalue weighted by Crippen LogP contribution is 2.35. The fourth-order valence-corrected chi connectivity index (χ4v) is 2.50. The molecule has 0 heterocycles.